The summed E-state index contributed by atoms with van der Waals surface area (Å²) in [6.45, 7) is 0. The van der Waals surface area contributed by atoms with E-state index in [4.69, 9.17) is 10.2 Å². The van der Waals surface area contributed by atoms with Gasteiger partial charge in [0.2, 0.25) is 0 Å². The van der Waals surface area contributed by atoms with Gasteiger partial charge in [-0.15, -0.1) is 0 Å². The number of nitrogens with two attached hydrogens (primary N) is 1. The molecule has 0 aliphatic rings. The van der Waals surface area contributed by atoms with Crippen LogP contribution >= 0.6 is 11.8 Å². The van der Waals surface area contributed by atoms with Gasteiger partial charge in [-0.1, -0.05) is 23.9 Å². The summed E-state index contributed by atoms with van der Waals surface area (Å²) in [4.78, 5) is 19.1. The molecule has 0 bridgehead atoms. The number of thioether (sulfide) groups is 1. The molecule has 0 aliphatic heterocycles. The van der Waals surface area contributed by atoms with Gasteiger partial charge in [0, 0.05) is 0 Å². The molecule has 0 saturated carbocycles. The second-order valence-corrected chi connectivity index (χ2v) is 3.78. The average molecular weight is 235 g/mol. The van der Waals surface area contributed by atoms with Crippen LogP contribution in [0.4, 0.5) is 6.01 Å². The summed E-state index contributed by atoms with van der Waals surface area (Å²) >= 11 is 1.26. The maximum absolute atomic E-state index is 11.6. The first kappa shape index (κ1) is 10.7. The monoisotopic (exact) mass is 235 g/mol. The lowest BCUT2D eigenvalue weighted by Crippen LogP contribution is -2.08. The fraction of sp³-hybridized carbons (Fsp3) is 0.100. The van der Waals surface area contributed by atoms with E-state index in [1.807, 2.05) is 0 Å². The number of rotatable bonds is 1. The zero-order chi connectivity index (χ0) is 11.5. The summed E-state index contributed by atoms with van der Waals surface area (Å²) in [6.07, 6.45) is 1.78. The Labute approximate surface area is 95.4 Å². The van der Waals surface area contributed by atoms with Crippen molar-refractivity contribution in [1.82, 2.24) is 4.98 Å². The van der Waals surface area contributed by atoms with Gasteiger partial charge in [-0.2, -0.15) is 9.98 Å². The van der Waals surface area contributed by atoms with Gasteiger partial charge in [-0.3, -0.25) is 4.79 Å². The Morgan fingerprint density at radius 2 is 2.25 bits per heavy atom. The third-order valence-corrected chi connectivity index (χ3v) is 2.44. The fourth-order valence-corrected chi connectivity index (χ4v) is 1.36. The highest BCUT2D eigenvalue weighted by Gasteiger charge is 2.04. The third kappa shape index (κ3) is 2.06. The van der Waals surface area contributed by atoms with Crippen LogP contribution in [0.15, 0.2) is 38.5 Å². The average Bonchev–Trinajstić information content (AvgIpc) is 2.29. The molecule has 82 valence electrons. The molecule has 0 saturated heterocycles. The van der Waals surface area contributed by atoms with Crippen LogP contribution < -0.4 is 11.3 Å². The van der Waals surface area contributed by atoms with Crippen LogP contribution in [0.5, 0.6) is 0 Å². The number of hydrogen-bond acceptors (Lipinski definition) is 5. The Morgan fingerprint density at radius 3 is 3.00 bits per heavy atom. The summed E-state index contributed by atoms with van der Waals surface area (Å²) in [6, 6.07) is 6.85. The fourth-order valence-electron chi connectivity index (χ4n) is 1.19. The number of amidine groups is 1. The zero-order valence-electron chi connectivity index (χ0n) is 8.51. The molecule has 6 heteroatoms. The van der Waals surface area contributed by atoms with Gasteiger partial charge in [-0.05, 0) is 18.4 Å². The minimum atomic E-state index is -0.366. The van der Waals surface area contributed by atoms with Crippen molar-refractivity contribution in [2.45, 2.75) is 0 Å². The molecule has 1 aromatic carbocycles. The lowest BCUT2D eigenvalue weighted by Gasteiger charge is -1.97. The van der Waals surface area contributed by atoms with Gasteiger partial charge >= 0.3 is 6.01 Å². The highest BCUT2D eigenvalue weighted by molar-refractivity contribution is 8.13. The van der Waals surface area contributed by atoms with Gasteiger partial charge in [0.25, 0.3) is 5.56 Å². The predicted octanol–water partition coefficient (Wildman–Crippen LogP) is 1.50. The van der Waals surface area contributed by atoms with Crippen LogP contribution in [-0.4, -0.2) is 16.4 Å². The number of fused-ring (bicyclic) bond motifs is 1. The molecule has 2 aromatic rings. The maximum atomic E-state index is 11.6. The molecule has 0 fully saturated rings. The van der Waals surface area contributed by atoms with E-state index in [0.717, 1.165) is 0 Å². The Bertz CT molecular complexity index is 606. The van der Waals surface area contributed by atoms with Crippen molar-refractivity contribution in [1.29, 1.82) is 0 Å². The molecule has 0 spiro atoms. The van der Waals surface area contributed by atoms with Gasteiger partial charge in [-0.25, -0.2) is 0 Å². The number of para-hydroxylation sites is 1. The standard InChI is InChI=1S/C10H9N3O2S/c1-16-9(11)13-10-12-8(14)6-4-2-3-5-7(6)15-10/h2-5H,1H3,(H2,11,12,13,14). The van der Waals surface area contributed by atoms with Crippen LogP contribution in [0.3, 0.4) is 0 Å². The molecule has 0 amide bonds. The van der Waals surface area contributed by atoms with Gasteiger partial charge < -0.3 is 10.2 Å². The van der Waals surface area contributed by atoms with Gasteiger partial charge in [0.1, 0.15) is 5.58 Å². The second-order valence-electron chi connectivity index (χ2n) is 2.95. The highest BCUT2D eigenvalue weighted by atomic mass is 32.2. The predicted molar refractivity (Wildman–Crippen MR) is 65.1 cm³/mol. The minimum absolute atomic E-state index is 0.0180. The van der Waals surface area contributed by atoms with Crippen molar-refractivity contribution in [3.63, 3.8) is 0 Å². The first-order chi connectivity index (χ1) is 7.70. The summed E-state index contributed by atoms with van der Waals surface area (Å²) in [5.41, 5.74) is 5.60. The van der Waals surface area contributed by atoms with Crippen molar-refractivity contribution < 1.29 is 4.42 Å². The van der Waals surface area contributed by atoms with Crippen LogP contribution in [0, 0.1) is 0 Å². The molecule has 16 heavy (non-hydrogen) atoms. The summed E-state index contributed by atoms with van der Waals surface area (Å²) in [5, 5.41) is 0.732. The van der Waals surface area contributed by atoms with E-state index in [1.54, 1.807) is 30.5 Å². The molecule has 5 nitrogen and oxygen atoms in total. The van der Waals surface area contributed by atoms with E-state index in [1.165, 1.54) is 11.8 Å². The normalized spacial score (nSPS) is 11.9. The van der Waals surface area contributed by atoms with Crippen molar-refractivity contribution >= 4 is 33.9 Å². The molecular formula is C10H9N3O2S. The minimum Gasteiger partial charge on any atom is -0.423 e. The van der Waals surface area contributed by atoms with Crippen molar-refractivity contribution in [3.05, 3.63) is 34.6 Å². The lowest BCUT2D eigenvalue weighted by atomic mass is 10.3. The Balaban J connectivity index is 2.63. The lowest BCUT2D eigenvalue weighted by molar-refractivity contribution is 0.589. The van der Waals surface area contributed by atoms with E-state index in [9.17, 15) is 4.79 Å². The van der Waals surface area contributed by atoms with E-state index < -0.39 is 0 Å². The number of hydrogen-bond donors (Lipinski definition) is 1. The van der Waals surface area contributed by atoms with E-state index in [-0.39, 0.29) is 11.6 Å². The first-order valence-electron chi connectivity index (χ1n) is 4.49. The molecular weight excluding hydrogens is 226 g/mol. The number of benzene rings is 1. The molecule has 0 atom stereocenters. The van der Waals surface area contributed by atoms with Crippen molar-refractivity contribution in [3.8, 4) is 0 Å². The Morgan fingerprint density at radius 1 is 1.50 bits per heavy atom. The molecule has 0 unspecified atom stereocenters. The first-order valence-corrected chi connectivity index (χ1v) is 5.71. The van der Waals surface area contributed by atoms with Crippen LogP contribution in [0.2, 0.25) is 0 Å². The second kappa shape index (κ2) is 4.36. The van der Waals surface area contributed by atoms with Crippen LogP contribution in [-0.2, 0) is 0 Å². The van der Waals surface area contributed by atoms with E-state index in [0.29, 0.717) is 16.1 Å². The number of aromatic nitrogens is 1. The zero-order valence-corrected chi connectivity index (χ0v) is 9.32. The Hall–Kier alpha value is -1.82. The topological polar surface area (TPSA) is 81.5 Å². The molecule has 1 heterocycles. The SMILES string of the molecule is CS/C(N)=N\c1nc(=O)c2ccccc2o1. The number of aliphatic imine (C=N–C) groups is 1. The van der Waals surface area contributed by atoms with Crippen molar-refractivity contribution in [2.75, 3.05) is 6.26 Å². The number of nitrogens with zero attached hydrogens (tertiary/aromatic N) is 2. The van der Waals surface area contributed by atoms with Crippen LogP contribution in [0.25, 0.3) is 11.0 Å². The smallest absolute Gasteiger partial charge is 0.327 e. The summed E-state index contributed by atoms with van der Waals surface area (Å²) in [7, 11) is 0. The summed E-state index contributed by atoms with van der Waals surface area (Å²) in [5.74, 6) is 0. The summed E-state index contributed by atoms with van der Waals surface area (Å²) < 4.78 is 5.32. The van der Waals surface area contributed by atoms with Crippen LogP contribution in [0.1, 0.15) is 0 Å². The maximum Gasteiger partial charge on any atom is 0.327 e. The molecule has 2 rings (SSSR count). The van der Waals surface area contributed by atoms with E-state index >= 15 is 0 Å². The molecule has 0 aliphatic carbocycles. The highest BCUT2D eigenvalue weighted by Crippen LogP contribution is 2.15. The van der Waals surface area contributed by atoms with Gasteiger partial charge in [0.15, 0.2) is 5.17 Å². The van der Waals surface area contributed by atoms with Crippen molar-refractivity contribution in [2.24, 2.45) is 10.7 Å². The third-order valence-electron chi connectivity index (χ3n) is 1.93. The van der Waals surface area contributed by atoms with E-state index in [2.05, 4.69) is 9.98 Å². The largest absolute Gasteiger partial charge is 0.423 e. The van der Waals surface area contributed by atoms with Gasteiger partial charge in [0.05, 0.1) is 5.39 Å². The molecule has 2 N–H and O–H groups in total. The molecule has 0 radical (unpaired) electrons. The Kier molecular flexibility index (Phi) is 2.91. The molecule has 1 aromatic heterocycles. The quantitative estimate of drug-likeness (QED) is 0.598.